The lowest BCUT2D eigenvalue weighted by atomic mass is 10.0. The van der Waals surface area contributed by atoms with Gasteiger partial charge in [-0.2, -0.15) is 0 Å². The monoisotopic (exact) mass is 997 g/mol. The van der Waals surface area contributed by atoms with Gasteiger partial charge in [0.1, 0.15) is 13.2 Å². The van der Waals surface area contributed by atoms with Gasteiger partial charge >= 0.3 is 17.9 Å². The summed E-state index contributed by atoms with van der Waals surface area (Å²) in [6, 6.07) is 0. The van der Waals surface area contributed by atoms with E-state index in [-0.39, 0.29) is 31.1 Å². The van der Waals surface area contributed by atoms with Crippen molar-refractivity contribution in [3.05, 3.63) is 36.5 Å². The number of hydrogen-bond acceptors (Lipinski definition) is 6. The van der Waals surface area contributed by atoms with Gasteiger partial charge in [0.25, 0.3) is 0 Å². The largest absolute Gasteiger partial charge is 0.462 e. The summed E-state index contributed by atoms with van der Waals surface area (Å²) in [4.78, 5) is 38.2. The third kappa shape index (κ3) is 58.4. The van der Waals surface area contributed by atoms with Crippen LogP contribution in [0.15, 0.2) is 36.5 Å². The molecule has 0 N–H and O–H groups in total. The molecular formula is C65H120O6. The van der Waals surface area contributed by atoms with E-state index < -0.39 is 6.10 Å². The Morgan fingerprint density at radius 1 is 0.268 bits per heavy atom. The van der Waals surface area contributed by atoms with Crippen molar-refractivity contribution in [1.29, 1.82) is 0 Å². The van der Waals surface area contributed by atoms with Crippen LogP contribution in [0.5, 0.6) is 0 Å². The Bertz CT molecular complexity index is 1190. The van der Waals surface area contributed by atoms with Gasteiger partial charge in [-0.1, -0.05) is 263 Å². The third-order valence-corrected chi connectivity index (χ3v) is 14.1. The van der Waals surface area contributed by atoms with Gasteiger partial charge in [-0.3, -0.25) is 14.4 Å². The second kappa shape index (κ2) is 60.2. The molecule has 6 nitrogen and oxygen atoms in total. The molecule has 416 valence electrons. The number of carbonyl (C=O) groups excluding carboxylic acids is 3. The number of hydrogen-bond donors (Lipinski definition) is 0. The van der Waals surface area contributed by atoms with Crippen molar-refractivity contribution in [2.75, 3.05) is 13.2 Å². The Morgan fingerprint density at radius 2 is 0.465 bits per heavy atom. The summed E-state index contributed by atoms with van der Waals surface area (Å²) < 4.78 is 16.9. The molecule has 1 atom stereocenters. The molecule has 0 aliphatic heterocycles. The predicted molar refractivity (Wildman–Crippen MR) is 307 cm³/mol. The zero-order valence-electron chi connectivity index (χ0n) is 47.8. The first-order valence-electron chi connectivity index (χ1n) is 31.5. The first-order chi connectivity index (χ1) is 35.0. The molecule has 0 saturated carbocycles. The maximum absolute atomic E-state index is 12.9. The molecule has 6 heteroatoms. The minimum atomic E-state index is -0.777. The van der Waals surface area contributed by atoms with E-state index in [9.17, 15) is 14.4 Å². The van der Waals surface area contributed by atoms with Crippen LogP contribution in [0.25, 0.3) is 0 Å². The summed E-state index contributed by atoms with van der Waals surface area (Å²) >= 11 is 0. The fraction of sp³-hybridized carbons (Fsp3) is 0.862. The fourth-order valence-electron chi connectivity index (χ4n) is 9.31. The van der Waals surface area contributed by atoms with Crippen LogP contribution in [-0.4, -0.2) is 37.2 Å². The van der Waals surface area contributed by atoms with E-state index in [1.54, 1.807) is 0 Å². The summed E-state index contributed by atoms with van der Waals surface area (Å²) in [7, 11) is 0. The molecule has 0 radical (unpaired) electrons. The topological polar surface area (TPSA) is 78.9 Å². The number of rotatable bonds is 58. The minimum Gasteiger partial charge on any atom is -0.462 e. The maximum atomic E-state index is 12.9. The highest BCUT2D eigenvalue weighted by molar-refractivity contribution is 5.71. The van der Waals surface area contributed by atoms with Crippen LogP contribution >= 0.6 is 0 Å². The lowest BCUT2D eigenvalue weighted by Gasteiger charge is -2.18. The molecule has 0 aromatic carbocycles. The molecule has 0 bridgehead atoms. The van der Waals surface area contributed by atoms with Gasteiger partial charge in [0.05, 0.1) is 0 Å². The van der Waals surface area contributed by atoms with Crippen LogP contribution in [0.4, 0.5) is 0 Å². The third-order valence-electron chi connectivity index (χ3n) is 14.1. The van der Waals surface area contributed by atoms with E-state index in [0.29, 0.717) is 19.3 Å². The van der Waals surface area contributed by atoms with Gasteiger partial charge in [-0.15, -0.1) is 0 Å². The zero-order chi connectivity index (χ0) is 51.4. The van der Waals surface area contributed by atoms with E-state index in [4.69, 9.17) is 14.2 Å². The molecule has 71 heavy (non-hydrogen) atoms. The lowest BCUT2D eigenvalue weighted by molar-refractivity contribution is -0.167. The first-order valence-corrected chi connectivity index (χ1v) is 31.5. The standard InChI is InChI=1S/C65H120O6/c1-4-7-10-13-16-19-22-25-27-29-30-31-32-33-34-36-37-40-43-46-49-52-55-58-64(67)70-61-62(60-69-63(66)57-54-51-48-45-42-39-24-21-18-15-12-9-6-3)71-65(68)59-56-53-50-47-44-41-38-35-28-26-23-20-17-14-11-8-5-2/h21,24,26,28-30,62H,4-20,22-23,25,27,31-61H2,1-3H3/b24-21-,28-26-,30-29-. The molecule has 0 aromatic rings. The highest BCUT2D eigenvalue weighted by atomic mass is 16.6. The Labute approximate surface area is 442 Å². The second-order valence-corrected chi connectivity index (χ2v) is 21.3. The van der Waals surface area contributed by atoms with E-state index in [1.165, 1.54) is 238 Å². The van der Waals surface area contributed by atoms with E-state index in [2.05, 4.69) is 57.2 Å². The van der Waals surface area contributed by atoms with Crippen LogP contribution in [0.1, 0.15) is 342 Å². The molecule has 0 spiro atoms. The Kier molecular flexibility index (Phi) is 58.2. The zero-order valence-corrected chi connectivity index (χ0v) is 47.8. The first kappa shape index (κ1) is 68.6. The highest BCUT2D eigenvalue weighted by Gasteiger charge is 2.19. The average Bonchev–Trinajstić information content (AvgIpc) is 3.37. The van der Waals surface area contributed by atoms with Gasteiger partial charge in [0.2, 0.25) is 0 Å². The minimum absolute atomic E-state index is 0.0741. The van der Waals surface area contributed by atoms with Crippen molar-refractivity contribution in [1.82, 2.24) is 0 Å². The molecule has 0 heterocycles. The summed E-state index contributed by atoms with van der Waals surface area (Å²) in [5.74, 6) is -0.869. The van der Waals surface area contributed by atoms with Crippen LogP contribution < -0.4 is 0 Å². The molecule has 0 aliphatic carbocycles. The van der Waals surface area contributed by atoms with E-state index in [1.807, 2.05) is 0 Å². The van der Waals surface area contributed by atoms with Gasteiger partial charge in [0, 0.05) is 19.3 Å². The van der Waals surface area contributed by atoms with Crippen molar-refractivity contribution in [3.8, 4) is 0 Å². The molecule has 0 rings (SSSR count). The smallest absolute Gasteiger partial charge is 0.306 e. The maximum Gasteiger partial charge on any atom is 0.306 e. The van der Waals surface area contributed by atoms with Crippen LogP contribution in [0.3, 0.4) is 0 Å². The molecule has 0 saturated heterocycles. The van der Waals surface area contributed by atoms with Gasteiger partial charge in [0.15, 0.2) is 6.10 Å². The normalized spacial score (nSPS) is 12.2. The summed E-state index contributed by atoms with van der Waals surface area (Å²) in [6.07, 6.45) is 72.9. The molecule has 0 aromatic heterocycles. The second-order valence-electron chi connectivity index (χ2n) is 21.3. The average molecular weight is 998 g/mol. The molecular weight excluding hydrogens is 877 g/mol. The summed E-state index contributed by atoms with van der Waals surface area (Å²) in [5.41, 5.74) is 0. The van der Waals surface area contributed by atoms with Crippen LogP contribution in [0.2, 0.25) is 0 Å². The Balaban J connectivity index is 4.28. The fourth-order valence-corrected chi connectivity index (χ4v) is 9.31. The van der Waals surface area contributed by atoms with E-state index >= 15 is 0 Å². The number of carbonyl (C=O) groups is 3. The quantitative estimate of drug-likeness (QED) is 0.0261. The van der Waals surface area contributed by atoms with Crippen molar-refractivity contribution in [2.24, 2.45) is 0 Å². The van der Waals surface area contributed by atoms with E-state index in [0.717, 1.165) is 64.2 Å². The van der Waals surface area contributed by atoms with Gasteiger partial charge < -0.3 is 14.2 Å². The highest BCUT2D eigenvalue weighted by Crippen LogP contribution is 2.17. The van der Waals surface area contributed by atoms with Crippen LogP contribution in [-0.2, 0) is 28.6 Å². The molecule has 0 aliphatic rings. The summed E-state index contributed by atoms with van der Waals surface area (Å²) in [6.45, 7) is 6.66. The summed E-state index contributed by atoms with van der Waals surface area (Å²) in [5, 5.41) is 0. The van der Waals surface area contributed by atoms with Crippen molar-refractivity contribution < 1.29 is 28.6 Å². The number of unbranched alkanes of at least 4 members (excludes halogenated alkanes) is 41. The van der Waals surface area contributed by atoms with Crippen LogP contribution in [0, 0.1) is 0 Å². The van der Waals surface area contributed by atoms with Crippen molar-refractivity contribution >= 4 is 17.9 Å². The predicted octanol–water partition coefficient (Wildman–Crippen LogP) is 21.2. The number of allylic oxidation sites excluding steroid dienone is 6. The van der Waals surface area contributed by atoms with Crippen molar-refractivity contribution in [3.63, 3.8) is 0 Å². The van der Waals surface area contributed by atoms with Crippen molar-refractivity contribution in [2.45, 2.75) is 348 Å². The molecule has 0 fully saturated rings. The Hall–Kier alpha value is -2.37. The lowest BCUT2D eigenvalue weighted by Crippen LogP contribution is -2.30. The SMILES string of the molecule is CCCCCC/C=C\CCCCCCCC(=O)OCC(COC(=O)CCCCCCCCCCCCC/C=C\CCCCCCCCCC)OC(=O)CCCCCCCCC/C=C\CCCCCCCC. The number of esters is 3. The van der Waals surface area contributed by atoms with Gasteiger partial charge in [-0.25, -0.2) is 0 Å². The molecule has 1 unspecified atom stereocenters. The number of ether oxygens (including phenoxy) is 3. The van der Waals surface area contributed by atoms with Gasteiger partial charge in [-0.05, 0) is 96.3 Å². The molecule has 0 amide bonds. The Morgan fingerprint density at radius 3 is 0.718 bits per heavy atom.